The number of anilines is 1. The van der Waals surface area contributed by atoms with E-state index < -0.39 is 0 Å². The summed E-state index contributed by atoms with van der Waals surface area (Å²) in [5.74, 6) is 0.586. The minimum atomic E-state index is 0. The molecule has 2 atom stereocenters. The van der Waals surface area contributed by atoms with Crippen LogP contribution in [-0.2, 0) is 11.3 Å². The summed E-state index contributed by atoms with van der Waals surface area (Å²) < 4.78 is 0. The molecule has 5 nitrogen and oxygen atoms in total. The van der Waals surface area contributed by atoms with Crippen LogP contribution in [0.25, 0.3) is 0 Å². The van der Waals surface area contributed by atoms with Gasteiger partial charge in [0, 0.05) is 44.5 Å². The third kappa shape index (κ3) is 3.91. The molecule has 0 bridgehead atoms. The van der Waals surface area contributed by atoms with E-state index in [1.165, 1.54) is 11.3 Å². The van der Waals surface area contributed by atoms with Gasteiger partial charge in [0.2, 0.25) is 5.91 Å². The number of aromatic nitrogens is 1. The summed E-state index contributed by atoms with van der Waals surface area (Å²) in [5, 5.41) is 2.83. The number of amides is 1. The molecule has 1 aromatic heterocycles. The van der Waals surface area contributed by atoms with Crippen LogP contribution in [-0.4, -0.2) is 41.5 Å². The summed E-state index contributed by atoms with van der Waals surface area (Å²) in [6, 6.07) is 0.266. The van der Waals surface area contributed by atoms with Crippen molar-refractivity contribution in [2.45, 2.75) is 33.4 Å². The van der Waals surface area contributed by atoms with Gasteiger partial charge in [-0.1, -0.05) is 6.92 Å². The fraction of sp³-hybridized carbons (Fsp3) is 0.692. The number of hydrogen-bond acceptors (Lipinski definition) is 5. The first-order chi connectivity index (χ1) is 9.01. The second-order valence-electron chi connectivity index (χ2n) is 5.22. The normalized spacial score (nSPS) is 22.6. The highest BCUT2D eigenvalue weighted by Gasteiger charge is 2.27. The van der Waals surface area contributed by atoms with Crippen LogP contribution in [0.15, 0.2) is 5.38 Å². The first kappa shape index (κ1) is 17.4. The molecule has 2 rings (SSSR count). The van der Waals surface area contributed by atoms with Gasteiger partial charge >= 0.3 is 0 Å². The summed E-state index contributed by atoms with van der Waals surface area (Å²) in [7, 11) is 0. The van der Waals surface area contributed by atoms with Crippen molar-refractivity contribution >= 4 is 34.8 Å². The smallest absolute Gasteiger partial charge is 0.225 e. The van der Waals surface area contributed by atoms with Crippen LogP contribution in [0.2, 0.25) is 0 Å². The van der Waals surface area contributed by atoms with Crippen LogP contribution >= 0.6 is 23.7 Å². The van der Waals surface area contributed by atoms with Crippen molar-refractivity contribution in [1.82, 2.24) is 9.88 Å². The number of carbonyl (C=O) groups excluding carboxylic acids is 1. The largest absolute Gasteiger partial charge is 0.326 e. The number of carbonyl (C=O) groups is 1. The van der Waals surface area contributed by atoms with Gasteiger partial charge < -0.3 is 5.73 Å². The van der Waals surface area contributed by atoms with Gasteiger partial charge in [0.05, 0.1) is 5.69 Å². The standard InChI is InChI=1S/C13H22N4OS.ClH/c1-4-17(10(3)18)13-15-11(8-19-13)6-16-5-9(2)12(14)7-16;/h8-9,12H,4-7,14H2,1-3H3;1H. The Labute approximate surface area is 130 Å². The molecule has 1 amide bonds. The van der Waals surface area contributed by atoms with Crippen LogP contribution in [0.4, 0.5) is 5.13 Å². The monoisotopic (exact) mass is 318 g/mol. The molecular formula is C13H23ClN4OS. The van der Waals surface area contributed by atoms with E-state index >= 15 is 0 Å². The molecule has 0 spiro atoms. The van der Waals surface area contributed by atoms with E-state index in [0.717, 1.165) is 30.5 Å². The van der Waals surface area contributed by atoms with Gasteiger partial charge in [-0.2, -0.15) is 0 Å². The van der Waals surface area contributed by atoms with E-state index in [4.69, 9.17) is 5.73 Å². The topological polar surface area (TPSA) is 62.5 Å². The number of nitrogens with two attached hydrogens (primary N) is 1. The van der Waals surface area contributed by atoms with Crippen LogP contribution in [0.1, 0.15) is 26.5 Å². The zero-order chi connectivity index (χ0) is 14.0. The number of thiazole rings is 1. The van der Waals surface area contributed by atoms with E-state index in [1.807, 2.05) is 12.3 Å². The molecule has 20 heavy (non-hydrogen) atoms. The van der Waals surface area contributed by atoms with Gasteiger partial charge in [0.15, 0.2) is 5.13 Å². The second-order valence-corrected chi connectivity index (χ2v) is 6.06. The van der Waals surface area contributed by atoms with Crippen molar-refractivity contribution in [3.63, 3.8) is 0 Å². The lowest BCUT2D eigenvalue weighted by Crippen LogP contribution is -2.29. The van der Waals surface area contributed by atoms with Crippen molar-refractivity contribution in [1.29, 1.82) is 0 Å². The molecule has 114 valence electrons. The molecule has 0 radical (unpaired) electrons. The third-order valence-electron chi connectivity index (χ3n) is 3.60. The van der Waals surface area contributed by atoms with Crippen molar-refractivity contribution < 1.29 is 4.79 Å². The number of rotatable bonds is 4. The molecule has 1 aliphatic heterocycles. The van der Waals surface area contributed by atoms with Gasteiger partial charge in [0.1, 0.15) is 0 Å². The van der Waals surface area contributed by atoms with Gasteiger partial charge in [-0.15, -0.1) is 23.7 Å². The molecule has 1 saturated heterocycles. The third-order valence-corrected chi connectivity index (χ3v) is 4.51. The Hall–Kier alpha value is -0.690. The predicted octanol–water partition coefficient (Wildman–Crippen LogP) is 1.72. The average Bonchev–Trinajstić information content (AvgIpc) is 2.88. The highest BCUT2D eigenvalue weighted by atomic mass is 35.5. The summed E-state index contributed by atoms with van der Waals surface area (Å²) in [6.45, 7) is 9.16. The maximum atomic E-state index is 11.5. The molecular weight excluding hydrogens is 296 g/mol. The maximum Gasteiger partial charge on any atom is 0.225 e. The van der Waals surface area contributed by atoms with E-state index in [-0.39, 0.29) is 24.4 Å². The summed E-state index contributed by atoms with van der Waals surface area (Å²) >= 11 is 1.53. The fourth-order valence-electron chi connectivity index (χ4n) is 2.44. The Morgan fingerprint density at radius 3 is 2.80 bits per heavy atom. The van der Waals surface area contributed by atoms with E-state index in [2.05, 4.69) is 16.8 Å². The van der Waals surface area contributed by atoms with E-state index in [1.54, 1.807) is 11.8 Å². The Kier molecular flexibility index (Phi) is 6.39. The molecule has 1 fully saturated rings. The van der Waals surface area contributed by atoms with Crippen molar-refractivity contribution in [2.24, 2.45) is 11.7 Å². The number of nitrogens with zero attached hydrogens (tertiary/aromatic N) is 3. The van der Waals surface area contributed by atoms with Crippen LogP contribution in [0.5, 0.6) is 0 Å². The van der Waals surface area contributed by atoms with Gasteiger partial charge in [-0.05, 0) is 12.8 Å². The molecule has 7 heteroatoms. The lowest BCUT2D eigenvalue weighted by atomic mass is 10.1. The number of halogens is 1. The quantitative estimate of drug-likeness (QED) is 0.918. The van der Waals surface area contributed by atoms with Gasteiger partial charge in [0.25, 0.3) is 0 Å². The van der Waals surface area contributed by atoms with Crippen molar-refractivity contribution in [3.05, 3.63) is 11.1 Å². The highest BCUT2D eigenvalue weighted by Crippen LogP contribution is 2.23. The van der Waals surface area contributed by atoms with Gasteiger partial charge in [-0.25, -0.2) is 4.98 Å². The predicted molar refractivity (Wildman–Crippen MR) is 85.5 cm³/mol. The van der Waals surface area contributed by atoms with E-state index in [0.29, 0.717) is 12.5 Å². The lowest BCUT2D eigenvalue weighted by Gasteiger charge is -2.15. The molecule has 1 aliphatic rings. The first-order valence-electron chi connectivity index (χ1n) is 6.71. The SMILES string of the molecule is CCN(C(C)=O)c1nc(CN2CC(C)C(N)C2)cs1.Cl. The van der Waals surface area contributed by atoms with Gasteiger partial charge in [-0.3, -0.25) is 14.6 Å². The van der Waals surface area contributed by atoms with Crippen LogP contribution in [0, 0.1) is 5.92 Å². The summed E-state index contributed by atoms with van der Waals surface area (Å²) in [4.78, 5) is 20.1. The second kappa shape index (κ2) is 7.36. The Morgan fingerprint density at radius 2 is 2.30 bits per heavy atom. The molecule has 2 N–H and O–H groups in total. The molecule has 2 unspecified atom stereocenters. The Bertz CT molecular complexity index is 443. The Balaban J connectivity index is 0.00000200. The van der Waals surface area contributed by atoms with Crippen LogP contribution < -0.4 is 10.6 Å². The molecule has 0 aromatic carbocycles. The highest BCUT2D eigenvalue weighted by molar-refractivity contribution is 7.14. The Morgan fingerprint density at radius 1 is 1.60 bits per heavy atom. The lowest BCUT2D eigenvalue weighted by molar-refractivity contribution is -0.116. The molecule has 2 heterocycles. The molecule has 1 aromatic rings. The fourth-order valence-corrected chi connectivity index (χ4v) is 3.36. The van der Waals surface area contributed by atoms with Crippen molar-refractivity contribution in [3.8, 4) is 0 Å². The number of likely N-dealkylation sites (tertiary alicyclic amines) is 1. The maximum absolute atomic E-state index is 11.5. The van der Waals surface area contributed by atoms with Crippen molar-refractivity contribution in [2.75, 3.05) is 24.5 Å². The minimum Gasteiger partial charge on any atom is -0.326 e. The molecule has 0 aliphatic carbocycles. The molecule has 0 saturated carbocycles. The van der Waals surface area contributed by atoms with E-state index in [9.17, 15) is 4.79 Å². The number of hydrogen-bond donors (Lipinski definition) is 1. The average molecular weight is 319 g/mol. The zero-order valence-corrected chi connectivity index (χ0v) is 13.8. The summed E-state index contributed by atoms with van der Waals surface area (Å²) in [5.41, 5.74) is 7.05. The summed E-state index contributed by atoms with van der Waals surface area (Å²) in [6.07, 6.45) is 0. The zero-order valence-electron chi connectivity index (χ0n) is 12.2. The minimum absolute atomic E-state index is 0. The first-order valence-corrected chi connectivity index (χ1v) is 7.59. The van der Waals surface area contributed by atoms with Crippen LogP contribution in [0.3, 0.4) is 0 Å².